The smallest absolute Gasteiger partial charge is 0.274 e. The Hall–Kier alpha value is -4.46. The topological polar surface area (TPSA) is 95.3 Å². The van der Waals surface area contributed by atoms with Crippen LogP contribution in [0.4, 0.5) is 0 Å². The van der Waals surface area contributed by atoms with E-state index in [1.54, 1.807) is 50.9 Å². The van der Waals surface area contributed by atoms with Crippen molar-refractivity contribution in [3.63, 3.8) is 0 Å². The number of methoxy groups -OCH3 is 2. The fraction of sp³-hybridized carbons (Fsp3) is 0.154. The lowest BCUT2D eigenvalue weighted by atomic mass is 10.1. The van der Waals surface area contributed by atoms with Gasteiger partial charge in [0, 0.05) is 23.9 Å². The summed E-state index contributed by atoms with van der Waals surface area (Å²) in [6.45, 7) is 0.459. The minimum atomic E-state index is -0.286. The molecule has 8 nitrogen and oxygen atoms in total. The molecule has 2 heterocycles. The normalized spacial score (nSPS) is 11.0. The van der Waals surface area contributed by atoms with Crippen molar-refractivity contribution in [2.24, 2.45) is 0 Å². The van der Waals surface area contributed by atoms with Crippen LogP contribution in [0.25, 0.3) is 16.8 Å². The van der Waals surface area contributed by atoms with Crippen molar-refractivity contribution in [2.45, 2.75) is 13.1 Å². The summed E-state index contributed by atoms with van der Waals surface area (Å²) in [6.07, 6.45) is 6.50. The van der Waals surface area contributed by atoms with Crippen LogP contribution in [0.5, 0.6) is 11.5 Å². The zero-order chi connectivity index (χ0) is 23.9. The second-order valence-corrected chi connectivity index (χ2v) is 7.48. The van der Waals surface area contributed by atoms with Crippen LogP contribution in [-0.4, -0.2) is 34.9 Å². The molecule has 4 aromatic rings. The molecule has 0 fully saturated rings. The van der Waals surface area contributed by atoms with E-state index in [9.17, 15) is 9.59 Å². The van der Waals surface area contributed by atoms with Crippen LogP contribution in [0.15, 0.2) is 77.9 Å². The lowest BCUT2D eigenvalue weighted by molar-refractivity contribution is -0.116. The standard InChI is InChI=1S/C26H24N4O4/c1-33-23-11-9-18(14-24(23)34-2)10-12-25(31)28-16-22-20-7-3-4-8-21(20)26(32)30(29-22)17-19-6-5-13-27-15-19/h3-15H,16-17H2,1-2H3,(H,28,31)/b12-10+. The van der Waals surface area contributed by atoms with E-state index in [1.165, 1.54) is 10.8 Å². The molecule has 0 radical (unpaired) electrons. The summed E-state index contributed by atoms with van der Waals surface area (Å²) in [6, 6.07) is 16.3. The van der Waals surface area contributed by atoms with Crippen molar-refractivity contribution >= 4 is 22.8 Å². The van der Waals surface area contributed by atoms with Crippen molar-refractivity contribution in [2.75, 3.05) is 14.2 Å². The van der Waals surface area contributed by atoms with Gasteiger partial charge < -0.3 is 14.8 Å². The summed E-state index contributed by atoms with van der Waals surface area (Å²) >= 11 is 0. The maximum atomic E-state index is 12.9. The first-order valence-electron chi connectivity index (χ1n) is 10.6. The minimum Gasteiger partial charge on any atom is -0.493 e. The SMILES string of the molecule is COc1ccc(/C=C/C(=O)NCc2nn(Cc3cccnc3)c(=O)c3ccccc23)cc1OC. The number of benzene rings is 2. The summed E-state index contributed by atoms with van der Waals surface area (Å²) in [5, 5.41) is 8.64. The molecule has 1 N–H and O–H groups in total. The summed E-state index contributed by atoms with van der Waals surface area (Å²) in [4.78, 5) is 29.5. The van der Waals surface area contributed by atoms with Gasteiger partial charge in [-0.1, -0.05) is 30.3 Å². The zero-order valence-electron chi connectivity index (χ0n) is 18.9. The molecule has 0 aliphatic rings. The van der Waals surface area contributed by atoms with Gasteiger partial charge >= 0.3 is 0 Å². The van der Waals surface area contributed by atoms with E-state index < -0.39 is 0 Å². The highest BCUT2D eigenvalue weighted by atomic mass is 16.5. The average Bonchev–Trinajstić information content (AvgIpc) is 2.88. The highest BCUT2D eigenvalue weighted by Gasteiger charge is 2.11. The molecule has 2 aromatic carbocycles. The zero-order valence-corrected chi connectivity index (χ0v) is 18.9. The summed E-state index contributed by atoms with van der Waals surface area (Å²) < 4.78 is 11.9. The molecule has 0 aliphatic carbocycles. The van der Waals surface area contributed by atoms with Crippen LogP contribution in [-0.2, 0) is 17.9 Å². The quantitative estimate of drug-likeness (QED) is 0.409. The molecule has 0 saturated heterocycles. The summed E-state index contributed by atoms with van der Waals surface area (Å²) in [7, 11) is 3.13. The van der Waals surface area contributed by atoms with Crippen LogP contribution >= 0.6 is 0 Å². The molecule has 0 saturated carbocycles. The van der Waals surface area contributed by atoms with Crippen molar-refractivity contribution < 1.29 is 14.3 Å². The molecule has 2 aromatic heterocycles. The van der Waals surface area contributed by atoms with Crippen LogP contribution in [0.2, 0.25) is 0 Å². The average molecular weight is 457 g/mol. The number of carbonyl (C=O) groups excluding carboxylic acids is 1. The molecule has 8 heteroatoms. The van der Waals surface area contributed by atoms with Crippen LogP contribution in [0, 0.1) is 0 Å². The Morgan fingerprint density at radius 2 is 1.82 bits per heavy atom. The number of nitrogens with zero attached hydrogens (tertiary/aromatic N) is 3. The second kappa shape index (κ2) is 10.4. The lowest BCUT2D eigenvalue weighted by Gasteiger charge is -2.11. The van der Waals surface area contributed by atoms with Crippen molar-refractivity contribution in [1.29, 1.82) is 0 Å². The highest BCUT2D eigenvalue weighted by molar-refractivity contribution is 5.92. The van der Waals surface area contributed by atoms with Gasteiger partial charge in [-0.2, -0.15) is 5.10 Å². The number of fused-ring (bicyclic) bond motifs is 1. The Kier molecular flexibility index (Phi) is 6.98. The monoisotopic (exact) mass is 456 g/mol. The Labute approximate surface area is 196 Å². The third-order valence-corrected chi connectivity index (χ3v) is 5.26. The van der Waals surface area contributed by atoms with E-state index in [-0.39, 0.29) is 24.6 Å². The van der Waals surface area contributed by atoms with Crippen LogP contribution in [0.3, 0.4) is 0 Å². The molecule has 0 spiro atoms. The number of amides is 1. The van der Waals surface area contributed by atoms with Crippen molar-refractivity contribution in [3.8, 4) is 11.5 Å². The van der Waals surface area contributed by atoms with E-state index in [1.807, 2.05) is 36.4 Å². The highest BCUT2D eigenvalue weighted by Crippen LogP contribution is 2.27. The fourth-order valence-corrected chi connectivity index (χ4v) is 3.57. The predicted octanol–water partition coefficient (Wildman–Crippen LogP) is 3.19. The summed E-state index contributed by atoms with van der Waals surface area (Å²) in [5.74, 6) is 0.908. The third-order valence-electron chi connectivity index (χ3n) is 5.26. The number of rotatable bonds is 8. The first kappa shape index (κ1) is 22.7. The predicted molar refractivity (Wildman–Crippen MR) is 130 cm³/mol. The van der Waals surface area contributed by atoms with Gasteiger partial charge in [-0.05, 0) is 41.5 Å². The number of nitrogens with one attached hydrogen (secondary N) is 1. The van der Waals surface area contributed by atoms with E-state index in [0.29, 0.717) is 28.0 Å². The maximum Gasteiger partial charge on any atom is 0.274 e. The van der Waals surface area contributed by atoms with Crippen LogP contribution in [0.1, 0.15) is 16.8 Å². The fourth-order valence-electron chi connectivity index (χ4n) is 3.57. The molecule has 0 aliphatic heterocycles. The molecule has 0 bridgehead atoms. The second-order valence-electron chi connectivity index (χ2n) is 7.48. The van der Waals surface area contributed by atoms with Crippen LogP contribution < -0.4 is 20.3 Å². The lowest BCUT2D eigenvalue weighted by Crippen LogP contribution is -2.28. The molecular weight excluding hydrogens is 432 g/mol. The first-order chi connectivity index (χ1) is 16.6. The van der Waals surface area contributed by atoms with E-state index in [0.717, 1.165) is 11.1 Å². The van der Waals surface area contributed by atoms with E-state index >= 15 is 0 Å². The maximum absolute atomic E-state index is 12.9. The molecular formula is C26H24N4O4. The molecule has 0 atom stereocenters. The Bertz CT molecular complexity index is 1400. The molecule has 4 rings (SSSR count). The van der Waals surface area contributed by atoms with Gasteiger partial charge in [0.25, 0.3) is 5.56 Å². The van der Waals surface area contributed by atoms with Crippen molar-refractivity contribution in [1.82, 2.24) is 20.1 Å². The Morgan fingerprint density at radius 1 is 1.03 bits per heavy atom. The largest absolute Gasteiger partial charge is 0.493 e. The molecule has 172 valence electrons. The van der Waals surface area contributed by atoms with E-state index in [4.69, 9.17) is 9.47 Å². The van der Waals surface area contributed by atoms with Gasteiger partial charge in [-0.25, -0.2) is 4.68 Å². The third kappa shape index (κ3) is 5.12. The Balaban J connectivity index is 1.53. The number of hydrogen-bond acceptors (Lipinski definition) is 6. The first-order valence-corrected chi connectivity index (χ1v) is 10.6. The van der Waals surface area contributed by atoms with Gasteiger partial charge in [0.1, 0.15) is 0 Å². The van der Waals surface area contributed by atoms with Gasteiger partial charge in [-0.15, -0.1) is 0 Å². The molecule has 34 heavy (non-hydrogen) atoms. The molecule has 1 amide bonds. The number of pyridine rings is 1. The summed E-state index contributed by atoms with van der Waals surface area (Å²) in [5.41, 5.74) is 2.07. The Morgan fingerprint density at radius 3 is 2.56 bits per heavy atom. The van der Waals surface area contributed by atoms with Gasteiger partial charge in [-0.3, -0.25) is 14.6 Å². The molecule has 0 unspecified atom stereocenters. The number of aromatic nitrogens is 3. The van der Waals surface area contributed by atoms with Gasteiger partial charge in [0.05, 0.1) is 38.4 Å². The van der Waals surface area contributed by atoms with Crippen molar-refractivity contribution in [3.05, 3.63) is 100 Å². The number of ether oxygens (including phenoxy) is 2. The van der Waals surface area contributed by atoms with Gasteiger partial charge in [0.15, 0.2) is 11.5 Å². The minimum absolute atomic E-state index is 0.170. The van der Waals surface area contributed by atoms with Gasteiger partial charge in [0.2, 0.25) is 5.91 Å². The number of hydrogen-bond donors (Lipinski definition) is 1. The number of carbonyl (C=O) groups is 1. The van der Waals surface area contributed by atoms with E-state index in [2.05, 4.69) is 15.4 Å².